The van der Waals surface area contributed by atoms with Crippen molar-refractivity contribution in [2.75, 3.05) is 11.8 Å². The average Bonchev–Trinajstić information content (AvgIpc) is 2.41. The summed E-state index contributed by atoms with van der Waals surface area (Å²) in [6, 6.07) is 7.70. The van der Waals surface area contributed by atoms with Crippen molar-refractivity contribution < 1.29 is 17.5 Å². The van der Waals surface area contributed by atoms with Crippen molar-refractivity contribution >= 4 is 38.9 Å². The van der Waals surface area contributed by atoms with Crippen molar-refractivity contribution in [1.82, 2.24) is 0 Å². The highest BCUT2D eigenvalue weighted by Crippen LogP contribution is 2.37. The van der Waals surface area contributed by atoms with E-state index in [0.717, 1.165) is 6.07 Å². The maximum absolute atomic E-state index is 13.1. The molecule has 0 fully saturated rings. The van der Waals surface area contributed by atoms with Crippen molar-refractivity contribution in [3.8, 4) is 5.75 Å². The van der Waals surface area contributed by atoms with Gasteiger partial charge in [0.25, 0.3) is 10.0 Å². The summed E-state index contributed by atoms with van der Waals surface area (Å²) in [5, 5.41) is -0.179. The molecular formula is C13H10Cl2FNO3S. The minimum atomic E-state index is -4.00. The van der Waals surface area contributed by atoms with Crippen LogP contribution in [0.4, 0.5) is 10.1 Å². The summed E-state index contributed by atoms with van der Waals surface area (Å²) in [5.74, 6) is -0.305. The molecule has 0 spiro atoms. The number of hydrogen-bond acceptors (Lipinski definition) is 3. The molecule has 0 aliphatic carbocycles. The Bertz CT molecular complexity index is 781. The number of halogens is 3. The Labute approximate surface area is 131 Å². The van der Waals surface area contributed by atoms with E-state index in [9.17, 15) is 12.8 Å². The number of benzene rings is 2. The van der Waals surface area contributed by atoms with Gasteiger partial charge in [-0.3, -0.25) is 4.72 Å². The molecule has 2 rings (SSSR count). The smallest absolute Gasteiger partial charge is 0.263 e. The molecule has 0 radical (unpaired) electrons. The lowest BCUT2D eigenvalue weighted by molar-refractivity contribution is 0.414. The van der Waals surface area contributed by atoms with E-state index in [1.165, 1.54) is 37.4 Å². The summed E-state index contributed by atoms with van der Waals surface area (Å²) >= 11 is 11.9. The number of ether oxygens (including phenoxy) is 1. The molecule has 112 valence electrons. The molecule has 0 heterocycles. The highest BCUT2D eigenvalue weighted by molar-refractivity contribution is 7.92. The number of anilines is 1. The van der Waals surface area contributed by atoms with Crippen molar-refractivity contribution in [3.63, 3.8) is 0 Å². The summed E-state index contributed by atoms with van der Waals surface area (Å²) in [6.45, 7) is 0. The monoisotopic (exact) mass is 349 g/mol. The number of sulfonamides is 1. The van der Waals surface area contributed by atoms with Gasteiger partial charge in [0.05, 0.1) is 17.8 Å². The van der Waals surface area contributed by atoms with E-state index in [2.05, 4.69) is 4.72 Å². The number of rotatable bonds is 4. The molecule has 0 amide bonds. The first-order valence-corrected chi connectivity index (χ1v) is 7.89. The minimum absolute atomic E-state index is 0.0127. The Morgan fingerprint density at radius 2 is 1.86 bits per heavy atom. The zero-order chi connectivity index (χ0) is 15.6. The summed E-state index contributed by atoms with van der Waals surface area (Å²) in [7, 11) is -2.61. The van der Waals surface area contributed by atoms with E-state index in [1.807, 2.05) is 0 Å². The van der Waals surface area contributed by atoms with Crippen LogP contribution in [0, 0.1) is 5.82 Å². The molecule has 0 aliphatic heterocycles. The van der Waals surface area contributed by atoms with E-state index < -0.39 is 15.8 Å². The van der Waals surface area contributed by atoms with Crippen LogP contribution in [-0.2, 0) is 10.0 Å². The minimum Gasteiger partial charge on any atom is -0.495 e. The summed E-state index contributed by atoms with van der Waals surface area (Å²) in [6.07, 6.45) is 0. The van der Waals surface area contributed by atoms with Gasteiger partial charge in [-0.25, -0.2) is 12.8 Å². The third-order valence-corrected chi connectivity index (χ3v) is 5.00. The standard InChI is InChI=1S/C13H10Cl2FNO3S/c1-20-10-5-6-11(13(15)12(10)14)21(18,19)17-9-4-2-3-8(16)7-9/h2-7,17H,1H3. The van der Waals surface area contributed by atoms with E-state index >= 15 is 0 Å². The molecule has 0 aliphatic rings. The van der Waals surface area contributed by atoms with Crippen LogP contribution in [-0.4, -0.2) is 15.5 Å². The van der Waals surface area contributed by atoms with Crippen LogP contribution in [0.25, 0.3) is 0 Å². The highest BCUT2D eigenvalue weighted by atomic mass is 35.5. The van der Waals surface area contributed by atoms with Crippen LogP contribution in [0.15, 0.2) is 41.3 Å². The molecule has 0 aromatic heterocycles. The molecule has 0 saturated heterocycles. The van der Waals surface area contributed by atoms with Crippen molar-refractivity contribution in [1.29, 1.82) is 0 Å². The zero-order valence-electron chi connectivity index (χ0n) is 10.7. The van der Waals surface area contributed by atoms with Gasteiger partial charge in [-0.15, -0.1) is 0 Å². The quantitative estimate of drug-likeness (QED) is 0.909. The second-order valence-corrected chi connectivity index (χ2v) is 6.42. The molecule has 0 atom stereocenters. The molecular weight excluding hydrogens is 340 g/mol. The third kappa shape index (κ3) is 3.40. The summed E-state index contributed by atoms with van der Waals surface area (Å²) in [4.78, 5) is -0.223. The van der Waals surface area contributed by atoms with Gasteiger partial charge in [0.2, 0.25) is 0 Å². The Balaban J connectivity index is 2.43. The molecule has 0 bridgehead atoms. The van der Waals surface area contributed by atoms with Gasteiger partial charge in [-0.1, -0.05) is 29.3 Å². The third-order valence-electron chi connectivity index (χ3n) is 2.60. The molecule has 21 heavy (non-hydrogen) atoms. The zero-order valence-corrected chi connectivity index (χ0v) is 13.1. The Morgan fingerprint density at radius 1 is 1.14 bits per heavy atom. The lowest BCUT2D eigenvalue weighted by atomic mass is 10.3. The van der Waals surface area contributed by atoms with Gasteiger partial charge in [0.15, 0.2) is 0 Å². The fourth-order valence-electron chi connectivity index (χ4n) is 1.64. The van der Waals surface area contributed by atoms with Crippen LogP contribution in [0.1, 0.15) is 0 Å². The molecule has 2 aromatic rings. The molecule has 0 saturated carbocycles. The van der Waals surface area contributed by atoms with Crippen molar-refractivity contribution in [2.45, 2.75) is 4.90 Å². The van der Waals surface area contributed by atoms with Crippen molar-refractivity contribution in [3.05, 3.63) is 52.3 Å². The fourth-order valence-corrected chi connectivity index (χ4v) is 3.53. The topological polar surface area (TPSA) is 55.4 Å². The maximum atomic E-state index is 13.1. The Kier molecular flexibility index (Phi) is 4.61. The van der Waals surface area contributed by atoms with Gasteiger partial charge >= 0.3 is 0 Å². The van der Waals surface area contributed by atoms with Gasteiger partial charge in [0.1, 0.15) is 21.5 Å². The number of methoxy groups -OCH3 is 1. The van der Waals surface area contributed by atoms with Crippen LogP contribution >= 0.6 is 23.2 Å². The predicted molar refractivity (Wildman–Crippen MR) is 80.2 cm³/mol. The van der Waals surface area contributed by atoms with Crippen LogP contribution in [0.5, 0.6) is 5.75 Å². The van der Waals surface area contributed by atoms with Gasteiger partial charge in [0, 0.05) is 0 Å². The number of hydrogen-bond donors (Lipinski definition) is 1. The molecule has 4 nitrogen and oxygen atoms in total. The second kappa shape index (κ2) is 6.09. The first kappa shape index (κ1) is 15.9. The van der Waals surface area contributed by atoms with E-state index in [-0.39, 0.29) is 26.4 Å². The van der Waals surface area contributed by atoms with Crippen LogP contribution in [0.2, 0.25) is 10.0 Å². The number of nitrogens with one attached hydrogen (secondary N) is 1. The highest BCUT2D eigenvalue weighted by Gasteiger charge is 2.22. The fraction of sp³-hybridized carbons (Fsp3) is 0.0769. The largest absolute Gasteiger partial charge is 0.495 e. The van der Waals surface area contributed by atoms with Crippen LogP contribution < -0.4 is 9.46 Å². The summed E-state index contributed by atoms with van der Waals surface area (Å²) in [5.41, 5.74) is 0.0815. The second-order valence-electron chi connectivity index (χ2n) is 4.01. The van der Waals surface area contributed by atoms with Gasteiger partial charge in [-0.05, 0) is 30.3 Å². The first-order chi connectivity index (χ1) is 9.85. The Hall–Kier alpha value is -1.50. The molecule has 0 unspecified atom stereocenters. The van der Waals surface area contributed by atoms with Crippen molar-refractivity contribution in [2.24, 2.45) is 0 Å². The van der Waals surface area contributed by atoms with E-state index in [0.29, 0.717) is 0 Å². The maximum Gasteiger partial charge on any atom is 0.263 e. The Morgan fingerprint density at radius 3 is 2.48 bits per heavy atom. The normalized spacial score (nSPS) is 11.2. The van der Waals surface area contributed by atoms with E-state index in [1.54, 1.807) is 0 Å². The average molecular weight is 350 g/mol. The lowest BCUT2D eigenvalue weighted by Gasteiger charge is -2.12. The van der Waals surface area contributed by atoms with Gasteiger partial charge < -0.3 is 4.74 Å². The summed E-state index contributed by atoms with van der Waals surface area (Å²) < 4.78 is 44.8. The van der Waals surface area contributed by atoms with E-state index in [4.69, 9.17) is 27.9 Å². The predicted octanol–water partition coefficient (Wildman–Crippen LogP) is 3.94. The molecule has 2 aromatic carbocycles. The molecule has 1 N–H and O–H groups in total. The van der Waals surface area contributed by atoms with Crippen LogP contribution in [0.3, 0.4) is 0 Å². The van der Waals surface area contributed by atoms with Gasteiger partial charge in [-0.2, -0.15) is 0 Å². The molecule has 8 heteroatoms. The lowest BCUT2D eigenvalue weighted by Crippen LogP contribution is -2.13. The first-order valence-electron chi connectivity index (χ1n) is 5.65. The SMILES string of the molecule is COc1ccc(S(=O)(=O)Nc2cccc(F)c2)c(Cl)c1Cl.